The fourth-order valence-electron chi connectivity index (χ4n) is 2.30. The van der Waals surface area contributed by atoms with E-state index in [0.717, 1.165) is 0 Å². The van der Waals surface area contributed by atoms with Crippen LogP contribution in [0.5, 0.6) is 0 Å². The normalized spacial score (nSPS) is 25.2. The molecule has 0 unspecified atom stereocenters. The smallest absolute Gasteiger partial charge is 0.408 e. The average molecular weight is 441 g/mol. The van der Waals surface area contributed by atoms with Gasteiger partial charge in [-0.3, -0.25) is 0 Å². The van der Waals surface area contributed by atoms with Gasteiger partial charge in [0.2, 0.25) is 0 Å². The van der Waals surface area contributed by atoms with Crippen LogP contribution in [0.2, 0.25) is 0 Å². The minimum absolute atomic E-state index is 0.116. The lowest BCUT2D eigenvalue weighted by molar-refractivity contribution is -0.142. The molecule has 134 valence electrons. The lowest BCUT2D eigenvalue weighted by atomic mass is 9.94. The highest BCUT2D eigenvalue weighted by molar-refractivity contribution is 14.1. The second-order valence-corrected chi connectivity index (χ2v) is 8.55. The highest BCUT2D eigenvalue weighted by atomic mass is 127. The van der Waals surface area contributed by atoms with Crippen LogP contribution < -0.4 is 5.32 Å². The Morgan fingerprint density at radius 3 is 2.30 bits per heavy atom. The predicted molar refractivity (Wildman–Crippen MR) is 95.7 cm³/mol. The summed E-state index contributed by atoms with van der Waals surface area (Å²) in [4.78, 5) is 24.0. The Balaban J connectivity index is 2.69. The minimum atomic E-state index is -0.687. The zero-order valence-corrected chi connectivity index (χ0v) is 16.9. The summed E-state index contributed by atoms with van der Waals surface area (Å²) in [5.41, 5.74) is -0.850. The first kappa shape index (κ1) is 20.5. The van der Waals surface area contributed by atoms with E-state index in [0.29, 0.717) is 17.5 Å². The zero-order chi connectivity index (χ0) is 17.8. The molecule has 7 heteroatoms. The number of alkyl halides is 1. The number of esters is 1. The fraction of sp³-hybridized carbons (Fsp3) is 0.875. The number of rotatable bonds is 5. The molecule has 1 fully saturated rings. The van der Waals surface area contributed by atoms with E-state index < -0.39 is 23.7 Å². The number of hydrogen-bond acceptors (Lipinski definition) is 5. The highest BCUT2D eigenvalue weighted by Gasteiger charge is 2.45. The van der Waals surface area contributed by atoms with Crippen molar-refractivity contribution in [2.24, 2.45) is 5.92 Å². The largest absolute Gasteiger partial charge is 0.460 e. The molecule has 0 bridgehead atoms. The van der Waals surface area contributed by atoms with Crippen LogP contribution in [0.3, 0.4) is 0 Å². The number of ether oxygens (including phenoxy) is 3. The number of hydrogen-bond donors (Lipinski definition) is 1. The molecule has 6 nitrogen and oxygen atoms in total. The molecule has 0 aromatic rings. The van der Waals surface area contributed by atoms with E-state index in [2.05, 4.69) is 27.9 Å². The van der Waals surface area contributed by atoms with Gasteiger partial charge in [-0.1, -0.05) is 22.6 Å². The first-order chi connectivity index (χ1) is 10.4. The maximum absolute atomic E-state index is 12.1. The van der Waals surface area contributed by atoms with Gasteiger partial charge in [0.25, 0.3) is 0 Å². The summed E-state index contributed by atoms with van der Waals surface area (Å²) in [5, 5.41) is 2.65. The van der Waals surface area contributed by atoms with Crippen LogP contribution in [0.4, 0.5) is 4.79 Å². The summed E-state index contributed by atoms with van der Waals surface area (Å²) in [6.07, 6.45) is -0.182. The van der Waals surface area contributed by atoms with Crippen LogP contribution in [-0.2, 0) is 19.0 Å². The van der Waals surface area contributed by atoms with Crippen LogP contribution in [0.25, 0.3) is 0 Å². The summed E-state index contributed by atoms with van der Waals surface area (Å²) in [5.74, 6) is -0.521. The van der Waals surface area contributed by atoms with E-state index in [1.54, 1.807) is 20.8 Å². The molecule has 1 heterocycles. The van der Waals surface area contributed by atoms with Gasteiger partial charge in [-0.05, 0) is 48.0 Å². The minimum Gasteiger partial charge on any atom is -0.460 e. The number of amides is 1. The molecule has 23 heavy (non-hydrogen) atoms. The second kappa shape index (κ2) is 8.00. The van der Waals surface area contributed by atoms with Crippen molar-refractivity contribution < 1.29 is 23.8 Å². The lowest BCUT2D eigenvalue weighted by Gasteiger charge is -2.25. The van der Waals surface area contributed by atoms with Gasteiger partial charge in [0.15, 0.2) is 0 Å². The molecular weight excluding hydrogens is 413 g/mol. The first-order valence-corrected chi connectivity index (χ1v) is 9.35. The molecule has 0 spiro atoms. The Labute approximate surface area is 152 Å². The molecule has 1 rings (SSSR count). The quantitative estimate of drug-likeness (QED) is 0.404. The van der Waals surface area contributed by atoms with Crippen LogP contribution in [-0.4, -0.2) is 46.4 Å². The lowest BCUT2D eigenvalue weighted by Crippen LogP contribution is -2.46. The molecule has 0 saturated carbocycles. The van der Waals surface area contributed by atoms with Crippen LogP contribution >= 0.6 is 22.6 Å². The number of halogens is 1. The summed E-state index contributed by atoms with van der Waals surface area (Å²) >= 11 is 2.19. The van der Waals surface area contributed by atoms with Crippen LogP contribution in [0.15, 0.2) is 0 Å². The molecule has 1 N–H and O–H groups in total. The van der Waals surface area contributed by atoms with Gasteiger partial charge in [-0.25, -0.2) is 9.59 Å². The standard InChI is InChI=1S/C16H28INO5/c1-15(2,3)21-8-7-10-11(9-17)22-13(19)12(10)18-14(20)23-16(4,5)6/h10-12H,7-9H2,1-6H3,(H,18,20)/t10-,11-,12-/m0/s1. The van der Waals surface area contributed by atoms with Crippen molar-refractivity contribution in [2.75, 3.05) is 11.0 Å². The number of cyclic esters (lactones) is 1. The van der Waals surface area contributed by atoms with Crippen molar-refractivity contribution in [3.05, 3.63) is 0 Å². The molecule has 3 atom stereocenters. The van der Waals surface area contributed by atoms with Gasteiger partial charge in [0, 0.05) is 17.0 Å². The van der Waals surface area contributed by atoms with Crippen molar-refractivity contribution in [3.63, 3.8) is 0 Å². The van der Waals surface area contributed by atoms with Crippen molar-refractivity contribution in [3.8, 4) is 0 Å². The molecule has 1 saturated heterocycles. The highest BCUT2D eigenvalue weighted by Crippen LogP contribution is 2.28. The van der Waals surface area contributed by atoms with Crippen LogP contribution in [0, 0.1) is 5.92 Å². The Morgan fingerprint density at radius 1 is 1.22 bits per heavy atom. The Kier molecular flexibility index (Phi) is 7.12. The topological polar surface area (TPSA) is 73.9 Å². The summed E-state index contributed by atoms with van der Waals surface area (Å²) in [6.45, 7) is 11.8. The number of carbonyl (C=O) groups excluding carboxylic acids is 2. The summed E-state index contributed by atoms with van der Waals surface area (Å²) < 4.78 is 17.0. The van der Waals surface area contributed by atoms with Crippen LogP contribution in [0.1, 0.15) is 48.0 Å². The van der Waals surface area contributed by atoms with Crippen molar-refractivity contribution in [1.82, 2.24) is 5.32 Å². The van der Waals surface area contributed by atoms with E-state index in [4.69, 9.17) is 14.2 Å². The Morgan fingerprint density at radius 2 is 1.83 bits per heavy atom. The molecular formula is C16H28INO5. The van der Waals surface area contributed by atoms with Gasteiger partial charge in [0.05, 0.1) is 5.60 Å². The molecule has 1 aliphatic heterocycles. The van der Waals surface area contributed by atoms with Crippen molar-refractivity contribution >= 4 is 34.7 Å². The summed E-state index contributed by atoms with van der Waals surface area (Å²) in [6, 6.07) is -0.687. The predicted octanol–water partition coefficient (Wildman–Crippen LogP) is 3.06. The molecule has 1 aliphatic rings. The molecule has 0 aromatic carbocycles. The summed E-state index contributed by atoms with van der Waals surface area (Å²) in [7, 11) is 0. The molecule has 0 aliphatic carbocycles. The van der Waals surface area contributed by atoms with Crippen molar-refractivity contribution in [1.29, 1.82) is 0 Å². The number of alkyl carbamates (subject to hydrolysis) is 1. The Hall–Kier alpha value is -0.570. The van der Waals surface area contributed by atoms with E-state index in [-0.39, 0.29) is 17.6 Å². The SMILES string of the molecule is CC(C)(C)OCC[C@H]1[C@H](CI)OC(=O)[C@H]1NC(=O)OC(C)(C)C. The van der Waals surface area contributed by atoms with Gasteiger partial charge in [-0.15, -0.1) is 0 Å². The second-order valence-electron chi connectivity index (χ2n) is 7.67. The third kappa shape index (κ3) is 7.24. The van der Waals surface area contributed by atoms with Gasteiger partial charge in [0.1, 0.15) is 17.7 Å². The Bertz CT molecular complexity index is 427. The van der Waals surface area contributed by atoms with E-state index in [1.807, 2.05) is 20.8 Å². The third-order valence-electron chi connectivity index (χ3n) is 3.24. The fourth-order valence-corrected chi connectivity index (χ4v) is 3.13. The molecule has 1 amide bonds. The number of nitrogens with one attached hydrogen (secondary N) is 1. The molecule has 0 radical (unpaired) electrons. The van der Waals surface area contributed by atoms with E-state index in [1.165, 1.54) is 0 Å². The van der Waals surface area contributed by atoms with E-state index in [9.17, 15) is 9.59 Å². The van der Waals surface area contributed by atoms with E-state index >= 15 is 0 Å². The maximum atomic E-state index is 12.1. The van der Waals surface area contributed by atoms with Crippen molar-refractivity contribution in [2.45, 2.75) is 71.3 Å². The molecule has 0 aromatic heterocycles. The first-order valence-electron chi connectivity index (χ1n) is 7.83. The zero-order valence-electron chi connectivity index (χ0n) is 14.8. The monoisotopic (exact) mass is 441 g/mol. The number of carbonyl (C=O) groups is 2. The van der Waals surface area contributed by atoms with Gasteiger partial charge in [-0.2, -0.15) is 0 Å². The maximum Gasteiger partial charge on any atom is 0.408 e. The third-order valence-corrected chi connectivity index (χ3v) is 4.11. The van der Waals surface area contributed by atoms with Gasteiger partial charge < -0.3 is 19.5 Å². The van der Waals surface area contributed by atoms with Gasteiger partial charge >= 0.3 is 12.1 Å². The average Bonchev–Trinajstić information content (AvgIpc) is 2.63.